The molecule has 1 aliphatic heterocycles. The van der Waals surface area contributed by atoms with Crippen molar-refractivity contribution in [3.05, 3.63) is 22.2 Å². The number of hydrogen-bond donors (Lipinski definition) is 2. The molecule has 0 spiro atoms. The number of fused-ring (bicyclic) bond motifs is 1. The van der Waals surface area contributed by atoms with Crippen molar-refractivity contribution < 1.29 is 14.6 Å². The summed E-state index contributed by atoms with van der Waals surface area (Å²) >= 11 is 3.56. The van der Waals surface area contributed by atoms with E-state index >= 15 is 0 Å². The van der Waals surface area contributed by atoms with Gasteiger partial charge in [-0.25, -0.2) is 0 Å². The molecule has 0 amide bonds. The summed E-state index contributed by atoms with van der Waals surface area (Å²) in [7, 11) is 0. The molecule has 1 aromatic carbocycles. The topological polar surface area (TPSA) is 50.7 Å². The molecule has 0 bridgehead atoms. The zero-order valence-electron chi connectivity index (χ0n) is 11.3. The van der Waals surface area contributed by atoms with Crippen LogP contribution in [-0.4, -0.2) is 31.0 Å². The molecule has 0 aromatic heterocycles. The first kappa shape index (κ1) is 14.6. The number of halogens is 1. The molecule has 1 unspecified atom stereocenters. The highest BCUT2D eigenvalue weighted by atomic mass is 79.9. The average Bonchev–Trinajstić information content (AvgIpc) is 2.43. The normalized spacial score (nSPS) is 17.1. The molecule has 4 nitrogen and oxygen atoms in total. The standard InChI is InChI=1S/C14H20BrNO3/c1-3-10(17)8-16-9(2)11-6-13-14(7-12(11)15)19-5-4-18-13/h6-7,9-10,16-17H,3-5,8H2,1-2H3/t9?,10-/m1/s1. The van der Waals surface area contributed by atoms with Gasteiger partial charge in [0.25, 0.3) is 0 Å². The number of aliphatic hydroxyl groups is 1. The van der Waals surface area contributed by atoms with Gasteiger partial charge in [0, 0.05) is 17.1 Å². The number of ether oxygens (including phenoxy) is 2. The molecule has 19 heavy (non-hydrogen) atoms. The Bertz CT molecular complexity index is 439. The first-order valence-corrected chi connectivity index (χ1v) is 7.41. The summed E-state index contributed by atoms with van der Waals surface area (Å²) in [6, 6.07) is 4.07. The molecule has 5 heteroatoms. The second-order valence-corrected chi connectivity index (χ2v) is 5.56. The van der Waals surface area contributed by atoms with Crippen LogP contribution in [0, 0.1) is 0 Å². The highest BCUT2D eigenvalue weighted by Gasteiger charge is 2.18. The van der Waals surface area contributed by atoms with E-state index in [0.717, 1.165) is 28.0 Å². The number of aliphatic hydroxyl groups excluding tert-OH is 1. The number of rotatable bonds is 5. The minimum atomic E-state index is -0.307. The van der Waals surface area contributed by atoms with Crippen molar-refractivity contribution in [3.8, 4) is 11.5 Å². The average molecular weight is 330 g/mol. The lowest BCUT2D eigenvalue weighted by molar-refractivity contribution is 0.163. The van der Waals surface area contributed by atoms with Crippen LogP contribution in [0.2, 0.25) is 0 Å². The fourth-order valence-corrected chi connectivity index (χ4v) is 2.64. The molecule has 0 saturated carbocycles. The lowest BCUT2D eigenvalue weighted by atomic mass is 10.1. The van der Waals surface area contributed by atoms with Crippen LogP contribution in [0.25, 0.3) is 0 Å². The van der Waals surface area contributed by atoms with Gasteiger partial charge in [-0.05, 0) is 31.0 Å². The van der Waals surface area contributed by atoms with Crippen LogP contribution in [0.15, 0.2) is 16.6 Å². The Labute approximate surface area is 122 Å². The van der Waals surface area contributed by atoms with E-state index in [-0.39, 0.29) is 12.1 Å². The summed E-state index contributed by atoms with van der Waals surface area (Å²) in [5, 5.41) is 12.9. The smallest absolute Gasteiger partial charge is 0.162 e. The Hall–Kier alpha value is -0.780. The third-order valence-corrected chi connectivity index (χ3v) is 3.95. The largest absolute Gasteiger partial charge is 0.486 e. The van der Waals surface area contributed by atoms with Gasteiger partial charge in [0.2, 0.25) is 0 Å². The van der Waals surface area contributed by atoms with Gasteiger partial charge in [0.1, 0.15) is 13.2 Å². The quantitative estimate of drug-likeness (QED) is 0.871. The predicted octanol–water partition coefficient (Wildman–Crippen LogP) is 2.64. The van der Waals surface area contributed by atoms with Gasteiger partial charge in [-0.3, -0.25) is 0 Å². The lowest BCUT2D eigenvalue weighted by Crippen LogP contribution is -2.29. The first-order valence-electron chi connectivity index (χ1n) is 6.62. The Balaban J connectivity index is 2.10. The fraction of sp³-hybridized carbons (Fsp3) is 0.571. The van der Waals surface area contributed by atoms with Gasteiger partial charge in [-0.15, -0.1) is 0 Å². The van der Waals surface area contributed by atoms with E-state index in [1.54, 1.807) is 0 Å². The van der Waals surface area contributed by atoms with E-state index in [0.29, 0.717) is 19.8 Å². The van der Waals surface area contributed by atoms with Crippen molar-refractivity contribution in [1.29, 1.82) is 0 Å². The molecular formula is C14H20BrNO3. The predicted molar refractivity (Wildman–Crippen MR) is 77.8 cm³/mol. The summed E-state index contributed by atoms with van der Waals surface area (Å²) in [6.45, 7) is 5.80. The summed E-state index contributed by atoms with van der Waals surface area (Å²) in [6.07, 6.45) is 0.445. The van der Waals surface area contributed by atoms with E-state index in [4.69, 9.17) is 9.47 Å². The molecule has 0 saturated heterocycles. The summed E-state index contributed by atoms with van der Waals surface area (Å²) < 4.78 is 12.1. The van der Waals surface area contributed by atoms with Gasteiger partial charge in [0.05, 0.1) is 6.10 Å². The van der Waals surface area contributed by atoms with Crippen molar-refractivity contribution in [2.75, 3.05) is 19.8 Å². The van der Waals surface area contributed by atoms with Crippen LogP contribution < -0.4 is 14.8 Å². The molecule has 2 atom stereocenters. The number of hydrogen-bond acceptors (Lipinski definition) is 4. The molecule has 1 heterocycles. The van der Waals surface area contributed by atoms with Crippen molar-refractivity contribution in [1.82, 2.24) is 5.32 Å². The highest BCUT2D eigenvalue weighted by Crippen LogP contribution is 2.37. The molecule has 106 valence electrons. The van der Waals surface area contributed by atoms with Crippen molar-refractivity contribution in [2.24, 2.45) is 0 Å². The van der Waals surface area contributed by atoms with E-state index in [9.17, 15) is 5.11 Å². The SMILES string of the molecule is CC[C@@H](O)CNC(C)c1cc2c(cc1Br)OCCO2. The van der Waals surface area contributed by atoms with Crippen LogP contribution in [0.3, 0.4) is 0 Å². The minimum absolute atomic E-state index is 0.131. The van der Waals surface area contributed by atoms with Crippen LogP contribution in [0.1, 0.15) is 31.9 Å². The van der Waals surface area contributed by atoms with Gasteiger partial charge in [-0.1, -0.05) is 22.9 Å². The Kier molecular flexibility index (Phi) is 5.07. The van der Waals surface area contributed by atoms with Crippen LogP contribution in [-0.2, 0) is 0 Å². The molecule has 0 fully saturated rings. The molecule has 0 radical (unpaired) electrons. The van der Waals surface area contributed by atoms with Crippen molar-refractivity contribution in [2.45, 2.75) is 32.4 Å². The van der Waals surface area contributed by atoms with Crippen LogP contribution in [0.4, 0.5) is 0 Å². The minimum Gasteiger partial charge on any atom is -0.486 e. The Morgan fingerprint density at radius 2 is 1.95 bits per heavy atom. The zero-order chi connectivity index (χ0) is 13.8. The molecular weight excluding hydrogens is 310 g/mol. The maximum atomic E-state index is 9.60. The van der Waals surface area contributed by atoms with E-state index in [1.807, 2.05) is 19.1 Å². The second-order valence-electron chi connectivity index (χ2n) is 4.71. The summed E-state index contributed by atoms with van der Waals surface area (Å²) in [5.74, 6) is 1.57. The third-order valence-electron chi connectivity index (χ3n) is 3.26. The lowest BCUT2D eigenvalue weighted by Gasteiger charge is -2.23. The monoisotopic (exact) mass is 329 g/mol. The van der Waals surface area contributed by atoms with E-state index < -0.39 is 0 Å². The number of nitrogens with one attached hydrogen (secondary N) is 1. The summed E-state index contributed by atoms with van der Waals surface area (Å²) in [5.41, 5.74) is 1.10. The van der Waals surface area contributed by atoms with Crippen molar-refractivity contribution in [3.63, 3.8) is 0 Å². The van der Waals surface area contributed by atoms with Crippen LogP contribution in [0.5, 0.6) is 11.5 Å². The first-order chi connectivity index (χ1) is 9.11. The maximum absolute atomic E-state index is 9.60. The molecule has 1 aromatic rings. The van der Waals surface area contributed by atoms with E-state index in [1.165, 1.54) is 0 Å². The van der Waals surface area contributed by atoms with Crippen LogP contribution >= 0.6 is 15.9 Å². The van der Waals surface area contributed by atoms with E-state index in [2.05, 4.69) is 28.2 Å². The highest BCUT2D eigenvalue weighted by molar-refractivity contribution is 9.10. The van der Waals surface area contributed by atoms with Gasteiger partial charge >= 0.3 is 0 Å². The molecule has 1 aliphatic rings. The second kappa shape index (κ2) is 6.59. The molecule has 2 N–H and O–H groups in total. The maximum Gasteiger partial charge on any atom is 0.162 e. The van der Waals surface area contributed by atoms with Gasteiger partial charge < -0.3 is 19.9 Å². The molecule has 2 rings (SSSR count). The Morgan fingerprint density at radius 1 is 1.32 bits per heavy atom. The molecule has 0 aliphatic carbocycles. The zero-order valence-corrected chi connectivity index (χ0v) is 12.9. The summed E-state index contributed by atoms with van der Waals surface area (Å²) in [4.78, 5) is 0. The van der Waals surface area contributed by atoms with Crippen molar-refractivity contribution >= 4 is 15.9 Å². The van der Waals surface area contributed by atoms with Gasteiger partial charge in [0.15, 0.2) is 11.5 Å². The third kappa shape index (κ3) is 3.61. The number of benzene rings is 1. The Morgan fingerprint density at radius 3 is 2.58 bits per heavy atom. The fourth-order valence-electron chi connectivity index (χ4n) is 1.98. The van der Waals surface area contributed by atoms with Gasteiger partial charge in [-0.2, -0.15) is 0 Å².